The van der Waals surface area contributed by atoms with E-state index in [1.807, 2.05) is 0 Å². The van der Waals surface area contributed by atoms with Crippen molar-refractivity contribution in [3.8, 4) is 0 Å². The third-order valence-corrected chi connectivity index (χ3v) is 5.95. The fraction of sp³-hybridized carbons (Fsp3) is 0.269. The molecule has 0 unspecified atom stereocenters. The molecule has 1 heterocycles. The van der Waals surface area contributed by atoms with Gasteiger partial charge < -0.3 is 15.0 Å². The Labute approximate surface area is 207 Å². The van der Waals surface area contributed by atoms with Gasteiger partial charge in [0.15, 0.2) is 0 Å². The Morgan fingerprint density at radius 2 is 2.03 bits per heavy atom. The predicted molar refractivity (Wildman–Crippen MR) is 131 cm³/mol. The molecule has 0 fully saturated rings. The first kappa shape index (κ1) is 26.1. The zero-order chi connectivity index (χ0) is 25.4. The SMILES string of the molecule is C=CC[C@@H](COC(=O)CCc1cc2cc(F)ccc2cn1)N(C)C(=O)NCc1cccc(F)c1Cl. The Morgan fingerprint density at radius 1 is 1.23 bits per heavy atom. The molecule has 3 rings (SSSR count). The van der Waals surface area contributed by atoms with Gasteiger partial charge in [0.2, 0.25) is 0 Å². The van der Waals surface area contributed by atoms with E-state index in [0.29, 0.717) is 29.5 Å². The molecule has 2 aromatic carbocycles. The van der Waals surface area contributed by atoms with Gasteiger partial charge in [0.25, 0.3) is 0 Å². The summed E-state index contributed by atoms with van der Waals surface area (Å²) in [6, 6.07) is 9.68. The number of hydrogen-bond acceptors (Lipinski definition) is 4. The first-order valence-corrected chi connectivity index (χ1v) is 11.4. The van der Waals surface area contributed by atoms with Gasteiger partial charge in [0.1, 0.15) is 18.2 Å². The Hall–Kier alpha value is -3.52. The highest BCUT2D eigenvalue weighted by Gasteiger charge is 2.21. The van der Waals surface area contributed by atoms with Gasteiger partial charge in [-0.2, -0.15) is 0 Å². The van der Waals surface area contributed by atoms with Crippen molar-refractivity contribution >= 4 is 34.4 Å². The molecule has 0 aliphatic heterocycles. The number of carbonyl (C=O) groups is 2. The Kier molecular flexibility index (Phi) is 9.14. The van der Waals surface area contributed by atoms with Crippen LogP contribution >= 0.6 is 11.6 Å². The van der Waals surface area contributed by atoms with Crippen molar-refractivity contribution in [2.24, 2.45) is 0 Å². The Balaban J connectivity index is 1.50. The Morgan fingerprint density at radius 3 is 2.80 bits per heavy atom. The monoisotopic (exact) mass is 501 g/mol. The van der Waals surface area contributed by atoms with Crippen molar-refractivity contribution in [2.75, 3.05) is 13.7 Å². The highest BCUT2D eigenvalue weighted by molar-refractivity contribution is 6.31. The molecule has 35 heavy (non-hydrogen) atoms. The molecule has 0 aliphatic rings. The Bertz CT molecular complexity index is 1220. The minimum Gasteiger partial charge on any atom is -0.463 e. The smallest absolute Gasteiger partial charge is 0.317 e. The number of aryl methyl sites for hydroxylation is 1. The highest BCUT2D eigenvalue weighted by Crippen LogP contribution is 2.20. The lowest BCUT2D eigenvalue weighted by Gasteiger charge is -2.27. The predicted octanol–water partition coefficient (Wildman–Crippen LogP) is 5.43. The molecule has 9 heteroatoms. The molecular formula is C26H26ClF2N3O3. The number of hydrogen-bond donors (Lipinski definition) is 1. The maximum atomic E-state index is 13.6. The minimum atomic E-state index is -0.561. The molecule has 184 valence electrons. The number of likely N-dealkylation sites (N-methyl/N-ethyl adjacent to an activating group) is 1. The largest absolute Gasteiger partial charge is 0.463 e. The number of rotatable bonds is 10. The van der Waals surface area contributed by atoms with Crippen molar-refractivity contribution in [1.29, 1.82) is 0 Å². The third kappa shape index (κ3) is 7.23. The molecule has 0 saturated heterocycles. The summed E-state index contributed by atoms with van der Waals surface area (Å²) >= 11 is 5.93. The van der Waals surface area contributed by atoms with Crippen LogP contribution in [0.1, 0.15) is 24.1 Å². The van der Waals surface area contributed by atoms with E-state index < -0.39 is 23.9 Å². The first-order valence-electron chi connectivity index (χ1n) is 11.0. The number of amides is 2. The van der Waals surface area contributed by atoms with Gasteiger partial charge >= 0.3 is 12.0 Å². The molecule has 1 atom stereocenters. The first-order chi connectivity index (χ1) is 16.8. The van der Waals surface area contributed by atoms with Gasteiger partial charge in [-0.1, -0.05) is 29.8 Å². The third-order valence-electron chi connectivity index (χ3n) is 5.53. The van der Waals surface area contributed by atoms with E-state index in [1.165, 1.54) is 29.2 Å². The number of carbonyl (C=O) groups excluding carboxylic acids is 2. The van der Waals surface area contributed by atoms with E-state index in [-0.39, 0.29) is 30.4 Å². The van der Waals surface area contributed by atoms with Gasteiger partial charge in [-0.25, -0.2) is 13.6 Å². The number of fused-ring (bicyclic) bond motifs is 1. The lowest BCUT2D eigenvalue weighted by Crippen LogP contribution is -2.45. The molecule has 1 aromatic heterocycles. The number of nitrogens with one attached hydrogen (secondary N) is 1. The summed E-state index contributed by atoms with van der Waals surface area (Å²) in [4.78, 5) is 30.6. The van der Waals surface area contributed by atoms with Crippen LogP contribution in [0.3, 0.4) is 0 Å². The molecule has 0 radical (unpaired) electrons. The van der Waals surface area contributed by atoms with Crippen LogP contribution in [0.4, 0.5) is 13.6 Å². The van der Waals surface area contributed by atoms with Crippen molar-refractivity contribution in [3.05, 3.63) is 89.2 Å². The van der Waals surface area contributed by atoms with Crippen molar-refractivity contribution in [2.45, 2.75) is 31.8 Å². The highest BCUT2D eigenvalue weighted by atomic mass is 35.5. The number of esters is 1. The maximum absolute atomic E-state index is 13.6. The average molecular weight is 502 g/mol. The van der Waals surface area contributed by atoms with Gasteiger partial charge in [0, 0.05) is 37.3 Å². The molecular weight excluding hydrogens is 476 g/mol. The lowest BCUT2D eigenvalue weighted by atomic mass is 10.1. The normalized spacial score (nSPS) is 11.7. The van der Waals surface area contributed by atoms with Crippen LogP contribution in [-0.2, 0) is 22.5 Å². The molecule has 0 saturated carbocycles. The van der Waals surface area contributed by atoms with Crippen LogP contribution in [-0.4, -0.2) is 41.6 Å². The second-order valence-corrected chi connectivity index (χ2v) is 8.39. The fourth-order valence-electron chi connectivity index (χ4n) is 3.46. The summed E-state index contributed by atoms with van der Waals surface area (Å²) < 4.78 is 32.4. The molecule has 0 spiro atoms. The molecule has 2 amide bonds. The average Bonchev–Trinajstić information content (AvgIpc) is 2.85. The number of aromatic nitrogens is 1. The maximum Gasteiger partial charge on any atom is 0.317 e. The van der Waals surface area contributed by atoms with Gasteiger partial charge in [-0.3, -0.25) is 9.78 Å². The second-order valence-electron chi connectivity index (χ2n) is 8.01. The molecule has 1 N–H and O–H groups in total. The van der Waals surface area contributed by atoms with E-state index in [0.717, 1.165) is 5.39 Å². The van der Waals surface area contributed by atoms with Crippen molar-refractivity contribution < 1.29 is 23.1 Å². The number of benzene rings is 2. The molecule has 0 aliphatic carbocycles. The van der Waals surface area contributed by atoms with Gasteiger partial charge in [-0.05, 0) is 47.7 Å². The summed E-state index contributed by atoms with van der Waals surface area (Å²) in [7, 11) is 1.57. The number of ether oxygens (including phenoxy) is 1. The van der Waals surface area contributed by atoms with E-state index in [4.69, 9.17) is 16.3 Å². The number of nitrogens with zero attached hydrogens (tertiary/aromatic N) is 2. The molecule has 6 nitrogen and oxygen atoms in total. The zero-order valence-electron chi connectivity index (χ0n) is 19.3. The second kappa shape index (κ2) is 12.3. The van der Waals surface area contributed by atoms with E-state index in [9.17, 15) is 18.4 Å². The number of halogens is 3. The van der Waals surface area contributed by atoms with Crippen LogP contribution in [0.5, 0.6) is 0 Å². The minimum absolute atomic E-state index is 0.0220. The van der Waals surface area contributed by atoms with E-state index >= 15 is 0 Å². The van der Waals surface area contributed by atoms with E-state index in [1.54, 1.807) is 37.5 Å². The number of pyridine rings is 1. The quantitative estimate of drug-likeness (QED) is 0.297. The molecule has 0 bridgehead atoms. The van der Waals surface area contributed by atoms with Crippen LogP contribution in [0, 0.1) is 11.6 Å². The van der Waals surface area contributed by atoms with Gasteiger partial charge in [0.05, 0.1) is 17.5 Å². The summed E-state index contributed by atoms with van der Waals surface area (Å²) in [5.74, 6) is -1.34. The summed E-state index contributed by atoms with van der Waals surface area (Å²) in [5, 5.41) is 4.16. The van der Waals surface area contributed by atoms with Crippen LogP contribution in [0.15, 0.2) is 61.3 Å². The van der Waals surface area contributed by atoms with Crippen molar-refractivity contribution in [1.82, 2.24) is 15.2 Å². The topological polar surface area (TPSA) is 71.5 Å². The lowest BCUT2D eigenvalue weighted by molar-refractivity contribution is -0.145. The van der Waals surface area contributed by atoms with Crippen molar-refractivity contribution in [3.63, 3.8) is 0 Å². The van der Waals surface area contributed by atoms with E-state index in [2.05, 4.69) is 16.9 Å². The summed E-state index contributed by atoms with van der Waals surface area (Å²) in [5.41, 5.74) is 1.10. The summed E-state index contributed by atoms with van der Waals surface area (Å²) in [6.45, 7) is 3.72. The zero-order valence-corrected chi connectivity index (χ0v) is 20.0. The number of urea groups is 1. The van der Waals surface area contributed by atoms with Crippen LogP contribution in [0.2, 0.25) is 5.02 Å². The van der Waals surface area contributed by atoms with Gasteiger partial charge in [-0.15, -0.1) is 6.58 Å². The standard InChI is InChI=1S/C26H26ClF2N3O3/c1-3-5-22(32(2)26(34)31-15-18-6-4-7-23(29)25(18)27)16-35-24(33)11-10-21-13-19-12-20(28)9-8-17(19)14-30-21/h3-4,6-9,12-14,22H,1,5,10-11,15-16H2,2H3,(H,31,34)/t22-/m0/s1. The fourth-order valence-corrected chi connectivity index (χ4v) is 3.66. The van der Waals surface area contributed by atoms with Crippen LogP contribution in [0.25, 0.3) is 10.8 Å². The summed E-state index contributed by atoms with van der Waals surface area (Å²) in [6.07, 6.45) is 4.09. The molecule has 3 aromatic rings. The van der Waals surface area contributed by atoms with Crippen LogP contribution < -0.4 is 5.32 Å².